The number of hydrogen-bond acceptors (Lipinski definition) is 5. The first-order valence-corrected chi connectivity index (χ1v) is 9.41. The second-order valence-electron chi connectivity index (χ2n) is 6.08. The maximum Gasteiger partial charge on any atom is 0.261 e. The standard InChI is InChI=1S/C17H16F2N4O3S/c1-9(2)27(25,26)23-14-7-6-10(8-13(14)22-17(23)20)21-16(24)15-11(18)4-3-5-12(15)19/h3-9H,1-2H3,(H2,20,22)(H,21,24). The number of rotatable bonds is 4. The zero-order chi connectivity index (χ0) is 19.9. The summed E-state index contributed by atoms with van der Waals surface area (Å²) in [4.78, 5) is 16.2. The van der Waals surface area contributed by atoms with Gasteiger partial charge in [0.05, 0.1) is 16.3 Å². The number of nitrogens with two attached hydrogens (primary N) is 1. The lowest BCUT2D eigenvalue weighted by Gasteiger charge is -2.11. The molecule has 1 heterocycles. The minimum absolute atomic E-state index is 0.182. The largest absolute Gasteiger partial charge is 0.368 e. The SMILES string of the molecule is CC(C)S(=O)(=O)n1c(N)nc2cc(NC(=O)c3c(F)cccc3F)ccc21. The van der Waals surface area contributed by atoms with E-state index in [0.29, 0.717) is 0 Å². The molecule has 0 saturated heterocycles. The van der Waals surface area contributed by atoms with E-state index in [0.717, 1.165) is 22.2 Å². The molecule has 1 aromatic heterocycles. The highest BCUT2D eigenvalue weighted by Gasteiger charge is 2.24. The Bertz CT molecular complexity index is 1140. The third-order valence-electron chi connectivity index (χ3n) is 3.94. The lowest BCUT2D eigenvalue weighted by molar-refractivity contribution is 0.101. The van der Waals surface area contributed by atoms with E-state index in [1.807, 2.05) is 0 Å². The number of fused-ring (bicyclic) bond motifs is 1. The van der Waals surface area contributed by atoms with Gasteiger partial charge in [0.1, 0.15) is 17.2 Å². The van der Waals surface area contributed by atoms with Crippen molar-refractivity contribution in [2.75, 3.05) is 11.1 Å². The summed E-state index contributed by atoms with van der Waals surface area (Å²) in [6, 6.07) is 7.27. The second kappa shape index (κ2) is 6.62. The van der Waals surface area contributed by atoms with Gasteiger partial charge in [0.25, 0.3) is 5.91 Å². The van der Waals surface area contributed by atoms with Crippen LogP contribution in [0.2, 0.25) is 0 Å². The number of carbonyl (C=O) groups excluding carboxylic acids is 1. The molecule has 0 bridgehead atoms. The van der Waals surface area contributed by atoms with Crippen LogP contribution < -0.4 is 11.1 Å². The number of hydrogen-bond donors (Lipinski definition) is 2. The van der Waals surface area contributed by atoms with E-state index in [9.17, 15) is 22.0 Å². The molecule has 27 heavy (non-hydrogen) atoms. The molecule has 0 unspecified atom stereocenters. The minimum atomic E-state index is -3.74. The first-order chi connectivity index (χ1) is 12.6. The number of nitrogen functional groups attached to an aromatic ring is 1. The fraction of sp³-hybridized carbons (Fsp3) is 0.176. The van der Waals surface area contributed by atoms with Crippen LogP contribution in [-0.2, 0) is 10.0 Å². The summed E-state index contributed by atoms with van der Waals surface area (Å²) in [6.07, 6.45) is 0. The van der Waals surface area contributed by atoms with Gasteiger partial charge < -0.3 is 11.1 Å². The maximum absolute atomic E-state index is 13.7. The highest BCUT2D eigenvalue weighted by molar-refractivity contribution is 7.90. The fourth-order valence-electron chi connectivity index (χ4n) is 2.54. The highest BCUT2D eigenvalue weighted by atomic mass is 32.2. The Morgan fingerprint density at radius 3 is 2.41 bits per heavy atom. The van der Waals surface area contributed by atoms with Gasteiger partial charge in [-0.2, -0.15) is 0 Å². The number of imidazole rings is 1. The van der Waals surface area contributed by atoms with Crippen molar-refractivity contribution in [3.63, 3.8) is 0 Å². The lowest BCUT2D eigenvalue weighted by Crippen LogP contribution is -2.23. The van der Waals surface area contributed by atoms with Gasteiger partial charge in [-0.25, -0.2) is 26.2 Å². The van der Waals surface area contributed by atoms with Gasteiger partial charge in [-0.3, -0.25) is 4.79 Å². The Morgan fingerprint density at radius 1 is 1.19 bits per heavy atom. The van der Waals surface area contributed by atoms with E-state index in [1.54, 1.807) is 0 Å². The minimum Gasteiger partial charge on any atom is -0.368 e. The Labute approximate surface area is 153 Å². The predicted octanol–water partition coefficient (Wildman–Crippen LogP) is 2.74. The lowest BCUT2D eigenvalue weighted by atomic mass is 10.1. The molecule has 3 rings (SSSR count). The molecule has 0 aliphatic carbocycles. The zero-order valence-electron chi connectivity index (χ0n) is 14.4. The van der Waals surface area contributed by atoms with E-state index < -0.39 is 38.4 Å². The molecule has 0 spiro atoms. The summed E-state index contributed by atoms with van der Waals surface area (Å²) in [6.45, 7) is 3.02. The predicted molar refractivity (Wildman–Crippen MR) is 97.9 cm³/mol. The van der Waals surface area contributed by atoms with Crippen molar-refractivity contribution in [2.24, 2.45) is 0 Å². The van der Waals surface area contributed by atoms with E-state index in [4.69, 9.17) is 5.73 Å². The summed E-state index contributed by atoms with van der Waals surface area (Å²) in [5.41, 5.74) is 5.65. The molecule has 2 aromatic carbocycles. The maximum atomic E-state index is 13.7. The first kappa shape index (κ1) is 18.8. The molecule has 0 aliphatic heterocycles. The van der Waals surface area contributed by atoms with Gasteiger partial charge in [-0.05, 0) is 44.2 Å². The topological polar surface area (TPSA) is 107 Å². The van der Waals surface area contributed by atoms with Crippen molar-refractivity contribution < 1.29 is 22.0 Å². The smallest absolute Gasteiger partial charge is 0.261 e. The van der Waals surface area contributed by atoms with Crippen LogP contribution in [0, 0.1) is 11.6 Å². The average molecular weight is 394 g/mol. The molecule has 7 nitrogen and oxygen atoms in total. The number of anilines is 2. The van der Waals surface area contributed by atoms with Gasteiger partial charge in [0.2, 0.25) is 16.0 Å². The summed E-state index contributed by atoms with van der Waals surface area (Å²) in [5, 5.41) is 1.64. The van der Waals surface area contributed by atoms with Gasteiger partial charge in [0, 0.05) is 5.69 Å². The molecule has 3 aromatic rings. The van der Waals surface area contributed by atoms with Gasteiger partial charge in [-0.15, -0.1) is 0 Å². The molecule has 0 saturated carbocycles. The molecule has 3 N–H and O–H groups in total. The van der Waals surface area contributed by atoms with Crippen molar-refractivity contribution in [1.29, 1.82) is 0 Å². The van der Waals surface area contributed by atoms with Crippen LogP contribution in [0.5, 0.6) is 0 Å². The van der Waals surface area contributed by atoms with Crippen LogP contribution in [0.3, 0.4) is 0 Å². The summed E-state index contributed by atoms with van der Waals surface area (Å²) in [5.74, 6) is -3.19. The van der Waals surface area contributed by atoms with Crippen LogP contribution >= 0.6 is 0 Å². The fourth-order valence-corrected chi connectivity index (χ4v) is 3.69. The van der Waals surface area contributed by atoms with Crippen LogP contribution in [0.25, 0.3) is 11.0 Å². The number of amides is 1. The quantitative estimate of drug-likeness (QED) is 0.708. The molecule has 0 atom stereocenters. The third-order valence-corrected chi connectivity index (χ3v) is 6.02. The van der Waals surface area contributed by atoms with Crippen LogP contribution in [0.1, 0.15) is 24.2 Å². The molecule has 0 fully saturated rings. The van der Waals surface area contributed by atoms with Crippen molar-refractivity contribution in [3.05, 3.63) is 53.6 Å². The Balaban J connectivity index is 2.01. The van der Waals surface area contributed by atoms with E-state index in [1.165, 1.54) is 32.0 Å². The number of benzene rings is 2. The Hall–Kier alpha value is -3.01. The molecule has 0 radical (unpaired) electrons. The third kappa shape index (κ3) is 3.23. The van der Waals surface area contributed by atoms with E-state index in [-0.39, 0.29) is 22.7 Å². The summed E-state index contributed by atoms with van der Waals surface area (Å²) < 4.78 is 53.2. The van der Waals surface area contributed by atoms with E-state index in [2.05, 4.69) is 10.3 Å². The van der Waals surface area contributed by atoms with Crippen molar-refractivity contribution in [3.8, 4) is 0 Å². The monoisotopic (exact) mass is 394 g/mol. The number of halogens is 2. The van der Waals surface area contributed by atoms with E-state index >= 15 is 0 Å². The summed E-state index contributed by atoms with van der Waals surface area (Å²) in [7, 11) is -3.74. The number of aromatic nitrogens is 2. The molecule has 0 aliphatic rings. The first-order valence-electron chi connectivity index (χ1n) is 7.90. The van der Waals surface area contributed by atoms with Crippen molar-refractivity contribution in [1.82, 2.24) is 8.96 Å². The number of nitrogens with one attached hydrogen (secondary N) is 1. The van der Waals surface area contributed by atoms with Crippen LogP contribution in [0.4, 0.5) is 20.4 Å². The van der Waals surface area contributed by atoms with Gasteiger partial charge >= 0.3 is 0 Å². The molecule has 10 heteroatoms. The van der Waals surface area contributed by atoms with Crippen LogP contribution in [-0.4, -0.2) is 28.5 Å². The van der Waals surface area contributed by atoms with Gasteiger partial charge in [0.15, 0.2) is 0 Å². The number of nitrogens with zero attached hydrogens (tertiary/aromatic N) is 2. The molecule has 142 valence electrons. The molecule has 1 amide bonds. The average Bonchev–Trinajstić information content (AvgIpc) is 2.90. The van der Waals surface area contributed by atoms with Gasteiger partial charge in [-0.1, -0.05) is 6.07 Å². The Kier molecular flexibility index (Phi) is 4.60. The second-order valence-corrected chi connectivity index (χ2v) is 8.42. The van der Waals surface area contributed by atoms with Crippen LogP contribution in [0.15, 0.2) is 36.4 Å². The number of carbonyl (C=O) groups is 1. The Morgan fingerprint density at radius 2 is 1.81 bits per heavy atom. The summed E-state index contributed by atoms with van der Waals surface area (Å²) >= 11 is 0. The van der Waals surface area contributed by atoms with Crippen molar-refractivity contribution in [2.45, 2.75) is 19.1 Å². The normalized spacial score (nSPS) is 11.9. The molecular weight excluding hydrogens is 378 g/mol. The zero-order valence-corrected chi connectivity index (χ0v) is 15.2. The highest BCUT2D eigenvalue weighted by Crippen LogP contribution is 2.25. The van der Waals surface area contributed by atoms with Crippen molar-refractivity contribution >= 4 is 38.6 Å². The molecular formula is C17H16F2N4O3S.